The number of amides is 3. The van der Waals surface area contributed by atoms with Gasteiger partial charge in [0, 0.05) is 13.0 Å². The Morgan fingerprint density at radius 2 is 1.86 bits per heavy atom. The highest BCUT2D eigenvalue weighted by atomic mass is 16.4. The molecule has 0 fully saturated rings. The van der Waals surface area contributed by atoms with Crippen LogP contribution in [0.2, 0.25) is 0 Å². The molecule has 0 aromatic heterocycles. The predicted octanol–water partition coefficient (Wildman–Crippen LogP) is 1.22. The fourth-order valence-corrected chi connectivity index (χ4v) is 1.93. The van der Waals surface area contributed by atoms with Crippen molar-refractivity contribution in [1.82, 2.24) is 10.6 Å². The lowest BCUT2D eigenvalue weighted by Gasteiger charge is -2.18. The van der Waals surface area contributed by atoms with Crippen LogP contribution in [0.5, 0.6) is 0 Å². The molecule has 0 saturated carbocycles. The van der Waals surface area contributed by atoms with Gasteiger partial charge in [0.2, 0.25) is 5.91 Å². The van der Waals surface area contributed by atoms with Crippen LogP contribution in [0.1, 0.15) is 52.4 Å². The van der Waals surface area contributed by atoms with Gasteiger partial charge in [-0.2, -0.15) is 0 Å². The normalized spacial score (nSPS) is 13.2. The van der Waals surface area contributed by atoms with Crippen molar-refractivity contribution in [3.8, 4) is 0 Å². The SMILES string of the molecule is CCCCC(CC)CNC(=O)N[C@H](CCC(N)=O)C(=O)O. The molecule has 1 unspecified atom stereocenters. The van der Waals surface area contributed by atoms with E-state index in [2.05, 4.69) is 24.5 Å². The average Bonchev–Trinajstić information content (AvgIpc) is 2.43. The summed E-state index contributed by atoms with van der Waals surface area (Å²) in [4.78, 5) is 33.4. The summed E-state index contributed by atoms with van der Waals surface area (Å²) in [6.45, 7) is 4.69. The van der Waals surface area contributed by atoms with E-state index in [1.54, 1.807) is 0 Å². The average molecular weight is 301 g/mol. The minimum absolute atomic E-state index is 0.00880. The van der Waals surface area contributed by atoms with Crippen LogP contribution in [-0.2, 0) is 9.59 Å². The minimum Gasteiger partial charge on any atom is -0.480 e. The van der Waals surface area contributed by atoms with Crippen LogP contribution >= 0.6 is 0 Å². The molecule has 0 spiro atoms. The molecule has 5 N–H and O–H groups in total. The molecule has 0 aliphatic carbocycles. The maximum absolute atomic E-state index is 11.7. The summed E-state index contributed by atoms with van der Waals surface area (Å²) in [7, 11) is 0. The van der Waals surface area contributed by atoms with Crippen LogP contribution in [0.15, 0.2) is 0 Å². The molecule has 7 nitrogen and oxygen atoms in total. The molecular weight excluding hydrogens is 274 g/mol. The highest BCUT2D eigenvalue weighted by molar-refractivity contribution is 5.83. The Balaban J connectivity index is 4.18. The lowest BCUT2D eigenvalue weighted by molar-refractivity contribution is -0.139. The first-order valence-corrected chi connectivity index (χ1v) is 7.46. The van der Waals surface area contributed by atoms with Gasteiger partial charge in [-0.15, -0.1) is 0 Å². The second kappa shape index (κ2) is 10.9. The van der Waals surface area contributed by atoms with Crippen molar-refractivity contribution in [3.63, 3.8) is 0 Å². The van der Waals surface area contributed by atoms with E-state index in [9.17, 15) is 14.4 Å². The van der Waals surface area contributed by atoms with Gasteiger partial charge in [0.1, 0.15) is 6.04 Å². The van der Waals surface area contributed by atoms with Crippen molar-refractivity contribution in [2.45, 2.75) is 58.4 Å². The maximum Gasteiger partial charge on any atom is 0.326 e. The molecule has 0 aliphatic rings. The van der Waals surface area contributed by atoms with E-state index in [4.69, 9.17) is 10.8 Å². The summed E-state index contributed by atoms with van der Waals surface area (Å²) in [6.07, 6.45) is 4.13. The monoisotopic (exact) mass is 301 g/mol. The molecule has 0 radical (unpaired) electrons. The summed E-state index contributed by atoms with van der Waals surface area (Å²) in [5.41, 5.74) is 4.97. The van der Waals surface area contributed by atoms with Crippen molar-refractivity contribution in [2.24, 2.45) is 11.7 Å². The van der Waals surface area contributed by atoms with Crippen molar-refractivity contribution in [3.05, 3.63) is 0 Å². The van der Waals surface area contributed by atoms with Gasteiger partial charge in [-0.25, -0.2) is 9.59 Å². The molecule has 0 rings (SSSR count). The van der Waals surface area contributed by atoms with Gasteiger partial charge in [0.05, 0.1) is 0 Å². The summed E-state index contributed by atoms with van der Waals surface area (Å²) in [5, 5.41) is 14.0. The zero-order chi connectivity index (χ0) is 16.3. The molecule has 0 aromatic carbocycles. The van der Waals surface area contributed by atoms with Crippen molar-refractivity contribution < 1.29 is 19.5 Å². The van der Waals surface area contributed by atoms with Crippen molar-refractivity contribution in [2.75, 3.05) is 6.54 Å². The second-order valence-electron chi connectivity index (χ2n) is 5.17. The molecule has 0 heterocycles. The smallest absolute Gasteiger partial charge is 0.326 e. The Morgan fingerprint density at radius 1 is 1.19 bits per heavy atom. The number of nitrogens with one attached hydrogen (secondary N) is 2. The van der Waals surface area contributed by atoms with Gasteiger partial charge in [-0.05, 0) is 18.8 Å². The van der Waals surface area contributed by atoms with E-state index in [1.165, 1.54) is 0 Å². The third-order valence-electron chi connectivity index (χ3n) is 3.38. The zero-order valence-electron chi connectivity index (χ0n) is 12.9. The summed E-state index contributed by atoms with van der Waals surface area (Å²) in [6, 6.07) is -1.63. The number of carbonyl (C=O) groups is 3. The molecule has 0 saturated heterocycles. The lowest BCUT2D eigenvalue weighted by atomic mass is 9.99. The minimum atomic E-state index is -1.18. The fourth-order valence-electron chi connectivity index (χ4n) is 1.93. The quantitative estimate of drug-likeness (QED) is 0.458. The molecule has 122 valence electrons. The Hall–Kier alpha value is -1.79. The fraction of sp³-hybridized carbons (Fsp3) is 0.786. The number of carboxylic acid groups (broad SMARTS) is 1. The first kappa shape index (κ1) is 19.2. The van der Waals surface area contributed by atoms with E-state index in [-0.39, 0.29) is 12.8 Å². The lowest BCUT2D eigenvalue weighted by Crippen LogP contribution is -2.47. The number of carbonyl (C=O) groups excluding carboxylic acids is 2. The number of unbranched alkanes of at least 4 members (excludes halogenated alkanes) is 1. The Labute approximate surface area is 125 Å². The number of hydrogen-bond donors (Lipinski definition) is 4. The maximum atomic E-state index is 11.7. The molecule has 3 amide bonds. The van der Waals surface area contributed by atoms with Crippen molar-refractivity contribution >= 4 is 17.9 Å². The van der Waals surface area contributed by atoms with Gasteiger partial charge < -0.3 is 21.5 Å². The van der Waals surface area contributed by atoms with Gasteiger partial charge in [-0.3, -0.25) is 4.79 Å². The molecule has 7 heteroatoms. The van der Waals surface area contributed by atoms with Crippen LogP contribution in [0.4, 0.5) is 4.79 Å². The number of rotatable bonds is 11. The van der Waals surface area contributed by atoms with Crippen LogP contribution < -0.4 is 16.4 Å². The number of nitrogens with two attached hydrogens (primary N) is 1. The summed E-state index contributed by atoms with van der Waals surface area (Å²) >= 11 is 0. The highest BCUT2D eigenvalue weighted by Crippen LogP contribution is 2.11. The third-order valence-corrected chi connectivity index (χ3v) is 3.38. The Bertz CT molecular complexity index is 347. The largest absolute Gasteiger partial charge is 0.480 e. The number of carboxylic acids is 1. The van der Waals surface area contributed by atoms with E-state index < -0.39 is 23.9 Å². The predicted molar refractivity (Wildman–Crippen MR) is 79.7 cm³/mol. The van der Waals surface area contributed by atoms with Gasteiger partial charge in [-0.1, -0.05) is 33.1 Å². The zero-order valence-corrected chi connectivity index (χ0v) is 12.9. The first-order chi connectivity index (χ1) is 9.90. The number of urea groups is 1. The number of primary amides is 1. The summed E-state index contributed by atoms with van der Waals surface area (Å²) in [5.74, 6) is -1.37. The third kappa shape index (κ3) is 9.70. The molecule has 21 heavy (non-hydrogen) atoms. The van der Waals surface area contributed by atoms with Crippen LogP contribution in [-0.4, -0.2) is 35.6 Å². The molecule has 0 bridgehead atoms. The van der Waals surface area contributed by atoms with Crippen LogP contribution in [0, 0.1) is 5.92 Å². The Morgan fingerprint density at radius 3 is 2.33 bits per heavy atom. The molecular formula is C14H27N3O4. The highest BCUT2D eigenvalue weighted by Gasteiger charge is 2.20. The second-order valence-corrected chi connectivity index (χ2v) is 5.17. The Kier molecular flexibility index (Phi) is 10.0. The number of hydrogen-bond acceptors (Lipinski definition) is 3. The van der Waals surface area contributed by atoms with Crippen molar-refractivity contribution in [1.29, 1.82) is 0 Å². The molecule has 0 aliphatic heterocycles. The summed E-state index contributed by atoms with van der Waals surface area (Å²) < 4.78 is 0. The van der Waals surface area contributed by atoms with E-state index in [1.807, 2.05) is 0 Å². The van der Waals surface area contributed by atoms with Gasteiger partial charge in [0.25, 0.3) is 0 Å². The van der Waals surface area contributed by atoms with Crippen LogP contribution in [0.25, 0.3) is 0 Å². The molecule has 0 aromatic rings. The molecule has 2 atom stereocenters. The topological polar surface area (TPSA) is 122 Å². The van der Waals surface area contributed by atoms with Crippen LogP contribution in [0.3, 0.4) is 0 Å². The van der Waals surface area contributed by atoms with Gasteiger partial charge >= 0.3 is 12.0 Å². The van der Waals surface area contributed by atoms with E-state index in [0.717, 1.165) is 25.7 Å². The standard InChI is InChI=1S/C14H27N3O4/c1-3-5-6-10(4-2)9-16-14(21)17-11(13(19)20)7-8-12(15)18/h10-11H,3-9H2,1-2H3,(H2,15,18)(H,19,20)(H2,16,17,21)/t10?,11-/m1/s1. The van der Waals surface area contributed by atoms with E-state index in [0.29, 0.717) is 12.5 Å². The van der Waals surface area contributed by atoms with Gasteiger partial charge in [0.15, 0.2) is 0 Å². The van der Waals surface area contributed by atoms with E-state index >= 15 is 0 Å². The number of aliphatic carboxylic acids is 1. The first-order valence-electron chi connectivity index (χ1n) is 7.46.